The van der Waals surface area contributed by atoms with Gasteiger partial charge in [0.25, 0.3) is 0 Å². The molecule has 0 aliphatic rings. The number of aromatic nitrogens is 3. The van der Waals surface area contributed by atoms with E-state index in [4.69, 9.17) is 5.73 Å². The lowest BCUT2D eigenvalue weighted by Crippen LogP contribution is -1.99. The summed E-state index contributed by atoms with van der Waals surface area (Å²) in [4.78, 5) is 4.58. The summed E-state index contributed by atoms with van der Waals surface area (Å²) in [7, 11) is 0. The minimum atomic E-state index is 0.479. The summed E-state index contributed by atoms with van der Waals surface area (Å²) in [6, 6.07) is 12.3. The lowest BCUT2D eigenvalue weighted by molar-refractivity contribution is 0.893. The number of benzene rings is 1. The molecule has 3 rings (SSSR count). The molecule has 0 radical (unpaired) electrons. The molecular weight excluding hydrogens is 236 g/mol. The molecule has 2 N–H and O–H groups in total. The standard InChI is InChI=1S/C15H16N4/c1-11-4-2-5-12(8-11)9-14-17-15-13(10-16)6-3-7-19(15)18-14/h2-8H,9-10,16H2,1H3. The molecule has 4 nitrogen and oxygen atoms in total. The van der Waals surface area contributed by atoms with E-state index in [-0.39, 0.29) is 0 Å². The molecule has 0 aliphatic carbocycles. The number of hydrogen-bond donors (Lipinski definition) is 1. The van der Waals surface area contributed by atoms with Crippen molar-refractivity contribution in [3.05, 3.63) is 65.1 Å². The van der Waals surface area contributed by atoms with Crippen molar-refractivity contribution in [2.75, 3.05) is 0 Å². The van der Waals surface area contributed by atoms with Gasteiger partial charge in [0.15, 0.2) is 11.5 Å². The van der Waals surface area contributed by atoms with E-state index >= 15 is 0 Å². The Morgan fingerprint density at radius 3 is 2.89 bits per heavy atom. The second-order valence-corrected chi connectivity index (χ2v) is 4.70. The van der Waals surface area contributed by atoms with Gasteiger partial charge >= 0.3 is 0 Å². The first-order chi connectivity index (χ1) is 9.26. The summed E-state index contributed by atoms with van der Waals surface area (Å²) in [5, 5.41) is 4.50. The first-order valence-corrected chi connectivity index (χ1v) is 6.35. The molecule has 0 fully saturated rings. The third-order valence-corrected chi connectivity index (χ3v) is 3.15. The van der Waals surface area contributed by atoms with E-state index in [1.165, 1.54) is 11.1 Å². The summed E-state index contributed by atoms with van der Waals surface area (Å²) >= 11 is 0. The van der Waals surface area contributed by atoms with Crippen molar-refractivity contribution in [2.45, 2.75) is 19.9 Å². The van der Waals surface area contributed by atoms with Gasteiger partial charge in [-0.1, -0.05) is 35.9 Å². The average Bonchev–Trinajstić information content (AvgIpc) is 2.80. The van der Waals surface area contributed by atoms with Crippen LogP contribution in [0.25, 0.3) is 5.65 Å². The first-order valence-electron chi connectivity index (χ1n) is 6.35. The molecule has 19 heavy (non-hydrogen) atoms. The first kappa shape index (κ1) is 11.9. The smallest absolute Gasteiger partial charge is 0.160 e. The van der Waals surface area contributed by atoms with Crippen LogP contribution >= 0.6 is 0 Å². The predicted octanol–water partition coefficient (Wildman–Crippen LogP) is 2.09. The van der Waals surface area contributed by atoms with Gasteiger partial charge in [0.1, 0.15) is 0 Å². The third-order valence-electron chi connectivity index (χ3n) is 3.15. The minimum absolute atomic E-state index is 0.479. The van der Waals surface area contributed by atoms with E-state index in [1.807, 2.05) is 18.3 Å². The van der Waals surface area contributed by atoms with Crippen LogP contribution in [0.1, 0.15) is 22.5 Å². The number of fused-ring (bicyclic) bond motifs is 1. The Labute approximate surface area is 111 Å². The van der Waals surface area contributed by atoms with Crippen LogP contribution in [0.15, 0.2) is 42.6 Å². The maximum Gasteiger partial charge on any atom is 0.160 e. The van der Waals surface area contributed by atoms with Crippen LogP contribution in [0.5, 0.6) is 0 Å². The highest BCUT2D eigenvalue weighted by atomic mass is 15.3. The highest BCUT2D eigenvalue weighted by molar-refractivity contribution is 5.47. The number of nitrogens with zero attached hydrogens (tertiary/aromatic N) is 3. The molecule has 0 aliphatic heterocycles. The number of rotatable bonds is 3. The van der Waals surface area contributed by atoms with Crippen LogP contribution in [0, 0.1) is 6.92 Å². The molecule has 2 heterocycles. The summed E-state index contributed by atoms with van der Waals surface area (Å²) in [5.41, 5.74) is 10.1. The summed E-state index contributed by atoms with van der Waals surface area (Å²) in [6.07, 6.45) is 2.65. The lowest BCUT2D eigenvalue weighted by Gasteiger charge is -1.98. The van der Waals surface area contributed by atoms with Gasteiger partial charge in [-0.15, -0.1) is 0 Å². The number of pyridine rings is 1. The van der Waals surface area contributed by atoms with Gasteiger partial charge in [0.2, 0.25) is 0 Å². The van der Waals surface area contributed by atoms with Crippen molar-refractivity contribution < 1.29 is 0 Å². The number of hydrogen-bond acceptors (Lipinski definition) is 3. The average molecular weight is 252 g/mol. The molecular formula is C15H16N4. The maximum atomic E-state index is 5.72. The lowest BCUT2D eigenvalue weighted by atomic mass is 10.1. The SMILES string of the molecule is Cc1cccc(Cc2nc3c(CN)cccn3n2)c1. The van der Waals surface area contributed by atoms with Gasteiger partial charge in [-0.25, -0.2) is 9.50 Å². The van der Waals surface area contributed by atoms with Crippen molar-refractivity contribution in [2.24, 2.45) is 5.73 Å². The fraction of sp³-hybridized carbons (Fsp3) is 0.200. The van der Waals surface area contributed by atoms with Crippen molar-refractivity contribution in [1.82, 2.24) is 14.6 Å². The van der Waals surface area contributed by atoms with Crippen LogP contribution in [-0.2, 0) is 13.0 Å². The van der Waals surface area contributed by atoms with Crippen molar-refractivity contribution >= 4 is 5.65 Å². The molecule has 96 valence electrons. The van der Waals surface area contributed by atoms with Crippen LogP contribution in [-0.4, -0.2) is 14.6 Å². The molecule has 1 aromatic carbocycles. The summed E-state index contributed by atoms with van der Waals surface area (Å²) < 4.78 is 1.80. The topological polar surface area (TPSA) is 56.2 Å². The second-order valence-electron chi connectivity index (χ2n) is 4.70. The van der Waals surface area contributed by atoms with Gasteiger partial charge in [-0.2, -0.15) is 5.10 Å². The van der Waals surface area contributed by atoms with Crippen LogP contribution in [0.3, 0.4) is 0 Å². The van der Waals surface area contributed by atoms with E-state index in [0.717, 1.165) is 23.5 Å². The normalized spacial score (nSPS) is 11.1. The minimum Gasteiger partial charge on any atom is -0.326 e. The molecule has 2 aromatic heterocycles. The zero-order chi connectivity index (χ0) is 13.2. The molecule has 3 aromatic rings. The van der Waals surface area contributed by atoms with Gasteiger partial charge in [0.05, 0.1) is 0 Å². The molecule has 0 bridgehead atoms. The molecule has 0 saturated heterocycles. The predicted molar refractivity (Wildman–Crippen MR) is 74.9 cm³/mol. The molecule has 0 unspecified atom stereocenters. The maximum absolute atomic E-state index is 5.72. The zero-order valence-corrected chi connectivity index (χ0v) is 10.9. The Kier molecular flexibility index (Phi) is 3.01. The van der Waals surface area contributed by atoms with E-state index in [2.05, 4.69) is 41.3 Å². The molecule has 0 spiro atoms. The van der Waals surface area contributed by atoms with E-state index < -0.39 is 0 Å². The Bertz CT molecular complexity index is 715. The van der Waals surface area contributed by atoms with E-state index in [9.17, 15) is 0 Å². The van der Waals surface area contributed by atoms with Gasteiger partial charge in [-0.05, 0) is 18.6 Å². The van der Waals surface area contributed by atoms with Gasteiger partial charge in [0, 0.05) is 24.7 Å². The Morgan fingerprint density at radius 1 is 1.21 bits per heavy atom. The molecule has 0 atom stereocenters. The Morgan fingerprint density at radius 2 is 2.11 bits per heavy atom. The van der Waals surface area contributed by atoms with Crippen LogP contribution < -0.4 is 5.73 Å². The highest BCUT2D eigenvalue weighted by Crippen LogP contribution is 2.12. The van der Waals surface area contributed by atoms with Gasteiger partial charge in [-0.3, -0.25) is 0 Å². The van der Waals surface area contributed by atoms with Gasteiger partial charge < -0.3 is 5.73 Å². The van der Waals surface area contributed by atoms with Crippen molar-refractivity contribution in [3.8, 4) is 0 Å². The number of nitrogens with two attached hydrogens (primary N) is 1. The quantitative estimate of drug-likeness (QED) is 0.776. The van der Waals surface area contributed by atoms with Crippen molar-refractivity contribution in [1.29, 1.82) is 0 Å². The largest absolute Gasteiger partial charge is 0.326 e. The summed E-state index contributed by atoms with van der Waals surface area (Å²) in [6.45, 7) is 2.57. The fourth-order valence-electron chi connectivity index (χ4n) is 2.24. The number of aryl methyl sites for hydroxylation is 1. The van der Waals surface area contributed by atoms with Crippen LogP contribution in [0.2, 0.25) is 0 Å². The van der Waals surface area contributed by atoms with Crippen molar-refractivity contribution in [3.63, 3.8) is 0 Å². The second kappa shape index (κ2) is 4.82. The molecule has 0 amide bonds. The Hall–Kier alpha value is -2.20. The third kappa shape index (κ3) is 2.35. The highest BCUT2D eigenvalue weighted by Gasteiger charge is 2.07. The fourth-order valence-corrected chi connectivity index (χ4v) is 2.24. The molecule has 0 saturated carbocycles. The van der Waals surface area contributed by atoms with Crippen LogP contribution in [0.4, 0.5) is 0 Å². The zero-order valence-electron chi connectivity index (χ0n) is 10.9. The summed E-state index contributed by atoms with van der Waals surface area (Å²) in [5.74, 6) is 0.825. The molecule has 4 heteroatoms. The van der Waals surface area contributed by atoms with E-state index in [1.54, 1.807) is 4.52 Å². The van der Waals surface area contributed by atoms with E-state index in [0.29, 0.717) is 6.54 Å². The Balaban J connectivity index is 1.98. The monoisotopic (exact) mass is 252 g/mol.